The summed E-state index contributed by atoms with van der Waals surface area (Å²) < 4.78 is 14.0. The van der Waals surface area contributed by atoms with Crippen molar-refractivity contribution in [2.45, 2.75) is 32.6 Å². The standard InChI is InChI=1S/C18H18BrFO/c1-18(2,3)14-6-4-12(5-7-14)17(21)11-13-10-15(20)8-9-16(13)19/h4-10H,11H2,1-3H3. The minimum atomic E-state index is -0.330. The van der Waals surface area contributed by atoms with Gasteiger partial charge in [-0.2, -0.15) is 0 Å². The average molecular weight is 349 g/mol. The van der Waals surface area contributed by atoms with E-state index in [-0.39, 0.29) is 23.4 Å². The summed E-state index contributed by atoms with van der Waals surface area (Å²) in [5.41, 5.74) is 2.57. The lowest BCUT2D eigenvalue weighted by Gasteiger charge is -2.19. The molecule has 2 aromatic rings. The molecule has 0 radical (unpaired) electrons. The van der Waals surface area contributed by atoms with E-state index in [1.165, 1.54) is 17.7 Å². The third-order valence-electron chi connectivity index (χ3n) is 3.43. The zero-order valence-corrected chi connectivity index (χ0v) is 14.0. The Balaban J connectivity index is 2.19. The van der Waals surface area contributed by atoms with Crippen LogP contribution in [0.1, 0.15) is 42.3 Å². The number of benzene rings is 2. The van der Waals surface area contributed by atoms with Crippen molar-refractivity contribution < 1.29 is 9.18 Å². The van der Waals surface area contributed by atoms with E-state index in [9.17, 15) is 9.18 Å². The Labute approximate surface area is 133 Å². The lowest BCUT2D eigenvalue weighted by atomic mass is 9.86. The fourth-order valence-corrected chi connectivity index (χ4v) is 2.50. The van der Waals surface area contributed by atoms with Gasteiger partial charge in [-0.25, -0.2) is 4.39 Å². The van der Waals surface area contributed by atoms with E-state index in [2.05, 4.69) is 36.7 Å². The van der Waals surface area contributed by atoms with Gasteiger partial charge < -0.3 is 0 Å². The van der Waals surface area contributed by atoms with Crippen LogP contribution in [0.15, 0.2) is 46.9 Å². The van der Waals surface area contributed by atoms with Gasteiger partial charge in [-0.05, 0) is 34.7 Å². The van der Waals surface area contributed by atoms with Crippen LogP contribution in [-0.4, -0.2) is 5.78 Å². The minimum absolute atomic E-state index is 0.0123. The summed E-state index contributed by atoms with van der Waals surface area (Å²) in [5.74, 6) is -0.342. The van der Waals surface area contributed by atoms with E-state index >= 15 is 0 Å². The number of Topliss-reactive ketones (excluding diaryl/α,β-unsaturated/α-hetero) is 1. The van der Waals surface area contributed by atoms with Gasteiger partial charge in [0, 0.05) is 16.5 Å². The van der Waals surface area contributed by atoms with E-state index in [1.54, 1.807) is 6.07 Å². The molecule has 0 heterocycles. The molecule has 0 spiro atoms. The number of ketones is 1. The zero-order valence-electron chi connectivity index (χ0n) is 12.4. The maximum atomic E-state index is 13.3. The van der Waals surface area contributed by atoms with Crippen LogP contribution < -0.4 is 0 Å². The summed E-state index contributed by atoms with van der Waals surface area (Å²) >= 11 is 3.35. The molecule has 0 saturated carbocycles. The molecular weight excluding hydrogens is 331 g/mol. The molecule has 0 saturated heterocycles. The molecule has 3 heteroatoms. The fourth-order valence-electron chi connectivity index (χ4n) is 2.11. The molecule has 0 N–H and O–H groups in total. The van der Waals surface area contributed by atoms with Crippen LogP contribution in [0.4, 0.5) is 4.39 Å². The Hall–Kier alpha value is -1.48. The summed E-state index contributed by atoms with van der Waals surface area (Å²) in [6.07, 6.45) is 0.188. The second-order valence-corrected chi connectivity index (χ2v) is 7.02. The number of rotatable bonds is 3. The number of halogens is 2. The second kappa shape index (κ2) is 6.10. The molecule has 2 aromatic carbocycles. The Morgan fingerprint density at radius 2 is 1.71 bits per heavy atom. The minimum Gasteiger partial charge on any atom is -0.294 e. The predicted molar refractivity (Wildman–Crippen MR) is 87.3 cm³/mol. The zero-order chi connectivity index (χ0) is 15.6. The molecule has 0 aromatic heterocycles. The van der Waals surface area contributed by atoms with Gasteiger partial charge in [-0.1, -0.05) is 61.0 Å². The van der Waals surface area contributed by atoms with Crippen LogP contribution >= 0.6 is 15.9 Å². The monoisotopic (exact) mass is 348 g/mol. The molecular formula is C18H18BrFO. The predicted octanol–water partition coefficient (Wildman–Crippen LogP) is 5.31. The van der Waals surface area contributed by atoms with Crippen molar-refractivity contribution in [3.63, 3.8) is 0 Å². The highest BCUT2D eigenvalue weighted by Crippen LogP contribution is 2.23. The maximum absolute atomic E-state index is 13.3. The molecule has 0 unspecified atom stereocenters. The Bertz CT molecular complexity index is 654. The lowest BCUT2D eigenvalue weighted by molar-refractivity contribution is 0.0992. The van der Waals surface area contributed by atoms with Gasteiger partial charge in [-0.3, -0.25) is 4.79 Å². The van der Waals surface area contributed by atoms with E-state index in [4.69, 9.17) is 0 Å². The number of hydrogen-bond donors (Lipinski definition) is 0. The Kier molecular flexibility index (Phi) is 4.62. The first-order valence-corrected chi connectivity index (χ1v) is 7.64. The first kappa shape index (κ1) is 15.9. The molecule has 0 amide bonds. The van der Waals surface area contributed by atoms with Crippen molar-refractivity contribution in [2.75, 3.05) is 0 Å². The Morgan fingerprint density at radius 1 is 1.10 bits per heavy atom. The van der Waals surface area contributed by atoms with Crippen molar-refractivity contribution in [3.05, 3.63) is 69.4 Å². The summed E-state index contributed by atoms with van der Waals surface area (Å²) in [6, 6.07) is 12.0. The highest BCUT2D eigenvalue weighted by atomic mass is 79.9. The molecule has 0 aliphatic heterocycles. The third kappa shape index (κ3) is 4.01. The lowest BCUT2D eigenvalue weighted by Crippen LogP contribution is -2.11. The van der Waals surface area contributed by atoms with Crippen molar-refractivity contribution in [1.82, 2.24) is 0 Å². The van der Waals surface area contributed by atoms with Gasteiger partial charge in [0.15, 0.2) is 5.78 Å². The van der Waals surface area contributed by atoms with Crippen LogP contribution in [-0.2, 0) is 11.8 Å². The normalized spacial score (nSPS) is 11.5. The van der Waals surface area contributed by atoms with E-state index in [0.29, 0.717) is 11.1 Å². The van der Waals surface area contributed by atoms with Gasteiger partial charge in [0.1, 0.15) is 5.82 Å². The van der Waals surface area contributed by atoms with E-state index < -0.39 is 0 Å². The number of carbonyl (C=O) groups is 1. The summed E-state index contributed by atoms with van der Waals surface area (Å²) in [5, 5.41) is 0. The molecule has 0 fully saturated rings. The first-order valence-electron chi connectivity index (χ1n) is 6.85. The van der Waals surface area contributed by atoms with Crippen LogP contribution in [0.25, 0.3) is 0 Å². The molecule has 0 atom stereocenters. The van der Waals surface area contributed by atoms with Crippen molar-refractivity contribution in [3.8, 4) is 0 Å². The molecule has 110 valence electrons. The van der Waals surface area contributed by atoms with Gasteiger partial charge >= 0.3 is 0 Å². The maximum Gasteiger partial charge on any atom is 0.167 e. The number of hydrogen-bond acceptors (Lipinski definition) is 1. The van der Waals surface area contributed by atoms with Crippen LogP contribution in [0.5, 0.6) is 0 Å². The molecule has 21 heavy (non-hydrogen) atoms. The van der Waals surface area contributed by atoms with Crippen molar-refractivity contribution >= 4 is 21.7 Å². The van der Waals surface area contributed by atoms with Crippen molar-refractivity contribution in [2.24, 2.45) is 0 Å². The topological polar surface area (TPSA) is 17.1 Å². The number of carbonyl (C=O) groups excluding carboxylic acids is 1. The highest BCUT2D eigenvalue weighted by molar-refractivity contribution is 9.10. The van der Waals surface area contributed by atoms with Crippen LogP contribution in [0, 0.1) is 5.82 Å². The Morgan fingerprint density at radius 3 is 2.29 bits per heavy atom. The summed E-state index contributed by atoms with van der Waals surface area (Å²) in [7, 11) is 0. The SMILES string of the molecule is CC(C)(C)c1ccc(C(=O)Cc2cc(F)ccc2Br)cc1. The third-order valence-corrected chi connectivity index (χ3v) is 4.21. The smallest absolute Gasteiger partial charge is 0.167 e. The average Bonchev–Trinajstić information content (AvgIpc) is 2.42. The quantitative estimate of drug-likeness (QED) is 0.686. The van der Waals surface area contributed by atoms with Crippen LogP contribution in [0.3, 0.4) is 0 Å². The highest BCUT2D eigenvalue weighted by Gasteiger charge is 2.15. The van der Waals surface area contributed by atoms with Crippen molar-refractivity contribution in [1.29, 1.82) is 0 Å². The van der Waals surface area contributed by atoms with Gasteiger partial charge in [0.2, 0.25) is 0 Å². The van der Waals surface area contributed by atoms with Gasteiger partial charge in [0.05, 0.1) is 0 Å². The van der Waals surface area contributed by atoms with E-state index in [0.717, 1.165) is 4.47 Å². The first-order chi connectivity index (χ1) is 9.77. The summed E-state index contributed by atoms with van der Waals surface area (Å²) in [6.45, 7) is 6.40. The second-order valence-electron chi connectivity index (χ2n) is 6.16. The molecule has 2 rings (SSSR count). The molecule has 0 bridgehead atoms. The molecule has 1 nitrogen and oxygen atoms in total. The summed E-state index contributed by atoms with van der Waals surface area (Å²) in [4.78, 5) is 12.3. The largest absolute Gasteiger partial charge is 0.294 e. The van der Waals surface area contributed by atoms with Crippen LogP contribution in [0.2, 0.25) is 0 Å². The van der Waals surface area contributed by atoms with E-state index in [1.807, 2.05) is 24.3 Å². The van der Waals surface area contributed by atoms with Gasteiger partial charge in [-0.15, -0.1) is 0 Å². The molecule has 0 aliphatic carbocycles. The fraction of sp³-hybridized carbons (Fsp3) is 0.278. The molecule has 0 aliphatic rings. The van der Waals surface area contributed by atoms with Gasteiger partial charge in [0.25, 0.3) is 0 Å².